The summed E-state index contributed by atoms with van der Waals surface area (Å²) in [5.41, 5.74) is 0.356. The van der Waals surface area contributed by atoms with Gasteiger partial charge in [-0.05, 0) is 55.7 Å². The molecule has 1 aromatic rings. The van der Waals surface area contributed by atoms with Crippen LogP contribution in [0.2, 0.25) is 0 Å². The van der Waals surface area contributed by atoms with Gasteiger partial charge >= 0.3 is 6.18 Å². The maximum Gasteiger partial charge on any atom is 0.416 e. The molecule has 1 amide bonds. The van der Waals surface area contributed by atoms with E-state index in [1.54, 1.807) is 12.1 Å². The number of carbonyl (C=O) groups excluding carboxylic acids is 1. The van der Waals surface area contributed by atoms with Crippen molar-refractivity contribution >= 4 is 5.91 Å². The van der Waals surface area contributed by atoms with Gasteiger partial charge in [-0.3, -0.25) is 4.79 Å². The minimum absolute atomic E-state index is 0.222. The highest BCUT2D eigenvalue weighted by Gasteiger charge is 2.31. The Morgan fingerprint density at radius 3 is 2.12 bits per heavy atom. The van der Waals surface area contributed by atoms with Gasteiger partial charge in [0.15, 0.2) is 0 Å². The molecule has 1 aliphatic heterocycles. The van der Waals surface area contributed by atoms with Gasteiger partial charge in [0.1, 0.15) is 0 Å². The van der Waals surface area contributed by atoms with E-state index in [9.17, 15) is 18.0 Å². The number of carbonyl (C=O) groups is 1. The van der Waals surface area contributed by atoms with Crippen LogP contribution in [-0.4, -0.2) is 23.9 Å². The van der Waals surface area contributed by atoms with Crippen LogP contribution in [0.4, 0.5) is 13.2 Å². The molecule has 0 N–H and O–H groups in total. The molecule has 3 rings (SSSR count). The normalized spacial score (nSPS) is 20.7. The van der Waals surface area contributed by atoms with Gasteiger partial charge in [0.25, 0.3) is 0 Å². The SMILES string of the molecule is O=C(C1CCCCC1)N1CCC(Cc2ccc(C(F)(F)F)cc2)CC1. The molecule has 0 unspecified atom stereocenters. The highest BCUT2D eigenvalue weighted by Crippen LogP contribution is 2.31. The number of rotatable bonds is 3. The number of hydrogen-bond donors (Lipinski definition) is 0. The first kappa shape index (κ1) is 18.3. The minimum atomic E-state index is -4.27. The molecule has 2 fully saturated rings. The van der Waals surface area contributed by atoms with Crippen molar-refractivity contribution in [3.8, 4) is 0 Å². The van der Waals surface area contributed by atoms with E-state index in [4.69, 9.17) is 0 Å². The lowest BCUT2D eigenvalue weighted by atomic mass is 9.86. The fraction of sp³-hybridized carbons (Fsp3) is 0.650. The number of piperidine rings is 1. The van der Waals surface area contributed by atoms with Crippen LogP contribution in [0.3, 0.4) is 0 Å². The molecule has 1 heterocycles. The number of amides is 1. The molecule has 0 aromatic heterocycles. The molecule has 25 heavy (non-hydrogen) atoms. The van der Waals surface area contributed by atoms with Crippen LogP contribution in [0.25, 0.3) is 0 Å². The standard InChI is InChI=1S/C20H26F3NO/c21-20(22,23)18-8-6-15(7-9-18)14-16-10-12-24(13-11-16)19(25)17-4-2-1-3-5-17/h6-9,16-17H,1-5,10-14H2. The highest BCUT2D eigenvalue weighted by atomic mass is 19.4. The first-order chi connectivity index (χ1) is 11.9. The zero-order chi connectivity index (χ0) is 17.9. The number of likely N-dealkylation sites (tertiary alicyclic amines) is 1. The maximum absolute atomic E-state index is 12.6. The Kier molecular flexibility index (Phi) is 5.70. The summed E-state index contributed by atoms with van der Waals surface area (Å²) in [4.78, 5) is 14.6. The van der Waals surface area contributed by atoms with Crippen molar-refractivity contribution < 1.29 is 18.0 Å². The van der Waals surface area contributed by atoms with E-state index in [-0.39, 0.29) is 5.92 Å². The molecule has 0 spiro atoms. The van der Waals surface area contributed by atoms with Crippen molar-refractivity contribution in [3.05, 3.63) is 35.4 Å². The smallest absolute Gasteiger partial charge is 0.342 e. The number of hydrogen-bond acceptors (Lipinski definition) is 1. The van der Waals surface area contributed by atoms with Gasteiger partial charge in [-0.2, -0.15) is 13.2 Å². The Morgan fingerprint density at radius 1 is 0.960 bits per heavy atom. The average Bonchev–Trinajstić information content (AvgIpc) is 2.62. The lowest BCUT2D eigenvalue weighted by molar-refractivity contribution is -0.138. The van der Waals surface area contributed by atoms with Crippen molar-refractivity contribution in [1.29, 1.82) is 0 Å². The quantitative estimate of drug-likeness (QED) is 0.743. The predicted molar refractivity (Wildman–Crippen MR) is 91.0 cm³/mol. The summed E-state index contributed by atoms with van der Waals surface area (Å²) in [7, 11) is 0. The lowest BCUT2D eigenvalue weighted by Gasteiger charge is -2.35. The third-order valence-corrected chi connectivity index (χ3v) is 5.69. The monoisotopic (exact) mass is 353 g/mol. The molecule has 2 nitrogen and oxygen atoms in total. The van der Waals surface area contributed by atoms with E-state index in [1.807, 2.05) is 4.90 Å². The van der Waals surface area contributed by atoms with E-state index >= 15 is 0 Å². The molecular formula is C20H26F3NO. The Bertz CT molecular complexity index is 568. The van der Waals surface area contributed by atoms with Crippen molar-refractivity contribution in [3.63, 3.8) is 0 Å². The van der Waals surface area contributed by atoms with Crippen LogP contribution in [-0.2, 0) is 17.4 Å². The zero-order valence-electron chi connectivity index (χ0n) is 14.5. The summed E-state index contributed by atoms with van der Waals surface area (Å²) >= 11 is 0. The van der Waals surface area contributed by atoms with E-state index < -0.39 is 11.7 Å². The second-order valence-electron chi connectivity index (χ2n) is 7.50. The predicted octanol–water partition coefficient (Wildman–Crippen LogP) is 5.07. The van der Waals surface area contributed by atoms with Gasteiger partial charge in [-0.25, -0.2) is 0 Å². The third kappa shape index (κ3) is 4.77. The summed E-state index contributed by atoms with van der Waals surface area (Å²) in [5, 5.41) is 0. The van der Waals surface area contributed by atoms with Crippen LogP contribution >= 0.6 is 0 Å². The van der Waals surface area contributed by atoms with Gasteiger partial charge in [0, 0.05) is 19.0 Å². The van der Waals surface area contributed by atoms with Gasteiger partial charge in [-0.1, -0.05) is 31.4 Å². The zero-order valence-corrected chi connectivity index (χ0v) is 14.5. The Balaban J connectivity index is 1.48. The molecule has 2 aliphatic rings. The van der Waals surface area contributed by atoms with Crippen LogP contribution in [0.1, 0.15) is 56.1 Å². The van der Waals surface area contributed by atoms with Crippen molar-refractivity contribution in [1.82, 2.24) is 4.90 Å². The van der Waals surface area contributed by atoms with E-state index in [0.717, 1.165) is 62.9 Å². The molecule has 0 bridgehead atoms. The first-order valence-corrected chi connectivity index (χ1v) is 9.38. The second kappa shape index (κ2) is 7.79. The van der Waals surface area contributed by atoms with Crippen LogP contribution in [0, 0.1) is 11.8 Å². The molecule has 1 saturated heterocycles. The van der Waals surface area contributed by atoms with E-state index in [0.29, 0.717) is 11.8 Å². The summed E-state index contributed by atoms with van der Waals surface area (Å²) in [6, 6.07) is 5.50. The van der Waals surface area contributed by atoms with Crippen LogP contribution in [0.5, 0.6) is 0 Å². The van der Waals surface area contributed by atoms with Crippen molar-refractivity contribution in [2.24, 2.45) is 11.8 Å². The van der Waals surface area contributed by atoms with E-state index in [1.165, 1.54) is 19.3 Å². The third-order valence-electron chi connectivity index (χ3n) is 5.69. The maximum atomic E-state index is 12.6. The summed E-state index contributed by atoms with van der Waals surface area (Å²) in [6.45, 7) is 1.58. The molecule has 0 radical (unpaired) electrons. The fourth-order valence-electron chi connectivity index (χ4n) is 4.13. The molecule has 1 saturated carbocycles. The average molecular weight is 353 g/mol. The first-order valence-electron chi connectivity index (χ1n) is 9.38. The number of benzene rings is 1. The molecule has 1 aromatic carbocycles. The Hall–Kier alpha value is -1.52. The fourth-order valence-corrected chi connectivity index (χ4v) is 4.13. The van der Waals surface area contributed by atoms with Crippen LogP contribution in [0.15, 0.2) is 24.3 Å². The van der Waals surface area contributed by atoms with Gasteiger partial charge < -0.3 is 4.90 Å². The van der Waals surface area contributed by atoms with Crippen molar-refractivity contribution in [2.45, 2.75) is 57.5 Å². The minimum Gasteiger partial charge on any atom is -0.342 e. The van der Waals surface area contributed by atoms with Gasteiger partial charge in [0.2, 0.25) is 5.91 Å². The molecule has 1 aliphatic carbocycles. The van der Waals surface area contributed by atoms with E-state index in [2.05, 4.69) is 0 Å². The Labute approximate surface area is 147 Å². The highest BCUT2D eigenvalue weighted by molar-refractivity contribution is 5.79. The Morgan fingerprint density at radius 2 is 1.56 bits per heavy atom. The molecular weight excluding hydrogens is 327 g/mol. The molecule has 0 atom stereocenters. The molecule has 138 valence electrons. The molecule has 5 heteroatoms. The number of halogens is 3. The number of alkyl halides is 3. The second-order valence-corrected chi connectivity index (χ2v) is 7.50. The van der Waals surface area contributed by atoms with Crippen molar-refractivity contribution in [2.75, 3.05) is 13.1 Å². The van der Waals surface area contributed by atoms with Gasteiger partial charge in [-0.15, -0.1) is 0 Å². The topological polar surface area (TPSA) is 20.3 Å². The van der Waals surface area contributed by atoms with Gasteiger partial charge in [0.05, 0.1) is 5.56 Å². The lowest BCUT2D eigenvalue weighted by Crippen LogP contribution is -2.42. The number of nitrogens with zero attached hydrogens (tertiary/aromatic N) is 1. The summed E-state index contributed by atoms with van der Waals surface area (Å²) < 4.78 is 37.8. The van der Waals surface area contributed by atoms with Crippen LogP contribution < -0.4 is 0 Å². The summed E-state index contributed by atoms with van der Waals surface area (Å²) in [5.74, 6) is 1.00. The largest absolute Gasteiger partial charge is 0.416 e. The summed E-state index contributed by atoms with van der Waals surface area (Å²) in [6.07, 6.45) is 4.06.